The predicted octanol–water partition coefficient (Wildman–Crippen LogP) is 2.98. The molecule has 1 N–H and O–H groups in total. The second kappa shape index (κ2) is 10.0. The second-order valence-electron chi connectivity index (χ2n) is 7.84. The SMILES string of the molecule is CCCOc1cccc(C2C(C(=O)c3ccco3)=C(O)C(=O)N2CCN2CCOCC2)c1. The number of hydrogen-bond donors (Lipinski definition) is 1. The number of ether oxygens (including phenoxy) is 2. The van der Waals surface area contributed by atoms with Crippen molar-refractivity contribution in [2.75, 3.05) is 46.0 Å². The lowest BCUT2D eigenvalue weighted by Gasteiger charge is -2.31. The Morgan fingerprint density at radius 3 is 2.72 bits per heavy atom. The van der Waals surface area contributed by atoms with E-state index in [-0.39, 0.29) is 11.3 Å². The van der Waals surface area contributed by atoms with Crippen LogP contribution < -0.4 is 4.74 Å². The van der Waals surface area contributed by atoms with Gasteiger partial charge in [-0.2, -0.15) is 0 Å². The van der Waals surface area contributed by atoms with E-state index in [1.54, 1.807) is 11.0 Å². The number of amides is 1. The van der Waals surface area contributed by atoms with Gasteiger partial charge in [0.2, 0.25) is 5.78 Å². The molecule has 4 rings (SSSR count). The third kappa shape index (κ3) is 4.56. The monoisotopic (exact) mass is 440 g/mol. The molecule has 0 aliphatic carbocycles. The molecule has 1 aromatic carbocycles. The minimum absolute atomic E-state index is 0.0274. The Morgan fingerprint density at radius 1 is 1.19 bits per heavy atom. The van der Waals surface area contributed by atoms with Crippen molar-refractivity contribution < 1.29 is 28.6 Å². The molecular formula is C24H28N2O6. The first kappa shape index (κ1) is 22.1. The molecule has 1 aromatic heterocycles. The highest BCUT2D eigenvalue weighted by molar-refractivity contribution is 6.15. The maximum atomic E-state index is 13.2. The molecule has 3 heterocycles. The van der Waals surface area contributed by atoms with Gasteiger partial charge < -0.3 is 23.9 Å². The summed E-state index contributed by atoms with van der Waals surface area (Å²) in [5.74, 6) is -0.852. The Balaban J connectivity index is 1.66. The average Bonchev–Trinajstić information content (AvgIpc) is 3.44. The van der Waals surface area contributed by atoms with Crippen molar-refractivity contribution in [3.63, 3.8) is 0 Å². The fourth-order valence-corrected chi connectivity index (χ4v) is 4.07. The fraction of sp³-hybridized carbons (Fsp3) is 0.417. The molecule has 0 radical (unpaired) electrons. The predicted molar refractivity (Wildman–Crippen MR) is 117 cm³/mol. The molecule has 8 nitrogen and oxygen atoms in total. The van der Waals surface area contributed by atoms with Gasteiger partial charge >= 0.3 is 0 Å². The molecule has 1 fully saturated rings. The van der Waals surface area contributed by atoms with Gasteiger partial charge in [0.15, 0.2) is 11.5 Å². The zero-order chi connectivity index (χ0) is 22.5. The number of benzene rings is 1. The summed E-state index contributed by atoms with van der Waals surface area (Å²) in [4.78, 5) is 30.0. The number of aliphatic hydroxyl groups excluding tert-OH is 1. The van der Waals surface area contributed by atoms with Crippen LogP contribution in [0.3, 0.4) is 0 Å². The van der Waals surface area contributed by atoms with Crippen LogP contribution in [-0.4, -0.2) is 72.6 Å². The van der Waals surface area contributed by atoms with E-state index in [0.717, 1.165) is 19.5 Å². The summed E-state index contributed by atoms with van der Waals surface area (Å²) in [6.45, 7) is 6.44. The number of carbonyl (C=O) groups excluding carboxylic acids is 2. The lowest BCUT2D eigenvalue weighted by Crippen LogP contribution is -2.43. The van der Waals surface area contributed by atoms with E-state index in [1.165, 1.54) is 12.3 Å². The van der Waals surface area contributed by atoms with Crippen LogP contribution in [0.15, 0.2) is 58.4 Å². The van der Waals surface area contributed by atoms with Crippen molar-refractivity contribution in [3.05, 3.63) is 65.3 Å². The quantitative estimate of drug-likeness (QED) is 0.599. The smallest absolute Gasteiger partial charge is 0.290 e. The van der Waals surface area contributed by atoms with Crippen molar-refractivity contribution in [2.24, 2.45) is 0 Å². The van der Waals surface area contributed by atoms with Crippen molar-refractivity contribution in [1.82, 2.24) is 9.80 Å². The maximum Gasteiger partial charge on any atom is 0.290 e. The second-order valence-corrected chi connectivity index (χ2v) is 7.84. The average molecular weight is 440 g/mol. The third-order valence-corrected chi connectivity index (χ3v) is 5.70. The molecule has 1 atom stereocenters. The van der Waals surface area contributed by atoms with E-state index in [4.69, 9.17) is 13.9 Å². The van der Waals surface area contributed by atoms with Crippen LogP contribution in [-0.2, 0) is 9.53 Å². The molecule has 2 aliphatic heterocycles. The van der Waals surface area contributed by atoms with Crippen LogP contribution in [0, 0.1) is 0 Å². The van der Waals surface area contributed by atoms with Gasteiger partial charge in [0.1, 0.15) is 5.75 Å². The Labute approximate surface area is 187 Å². The number of Topliss-reactive ketones (excluding diaryl/α,β-unsaturated/α-hetero) is 1. The van der Waals surface area contributed by atoms with Crippen LogP contribution in [0.5, 0.6) is 5.75 Å². The number of rotatable bonds is 9. The van der Waals surface area contributed by atoms with Crippen LogP contribution in [0.2, 0.25) is 0 Å². The van der Waals surface area contributed by atoms with Crippen LogP contribution in [0.25, 0.3) is 0 Å². The molecule has 1 unspecified atom stereocenters. The van der Waals surface area contributed by atoms with Crippen LogP contribution in [0.4, 0.5) is 0 Å². The van der Waals surface area contributed by atoms with Crippen molar-refractivity contribution in [3.8, 4) is 5.75 Å². The van der Waals surface area contributed by atoms with Gasteiger partial charge in [-0.15, -0.1) is 0 Å². The van der Waals surface area contributed by atoms with E-state index < -0.39 is 23.5 Å². The highest BCUT2D eigenvalue weighted by atomic mass is 16.5. The van der Waals surface area contributed by atoms with E-state index in [1.807, 2.05) is 31.2 Å². The summed E-state index contributed by atoms with van der Waals surface area (Å²) < 4.78 is 16.4. The standard InChI is InChI=1S/C24H28N2O6/c1-2-12-31-18-6-3-5-17(16-18)21-20(22(27)19-7-4-13-32-19)23(28)24(29)26(21)9-8-25-10-14-30-15-11-25/h3-7,13,16,21,28H,2,8-12,14-15H2,1H3. The van der Waals surface area contributed by atoms with E-state index in [0.29, 0.717) is 44.2 Å². The number of furan rings is 1. The Bertz CT molecular complexity index is 978. The zero-order valence-electron chi connectivity index (χ0n) is 18.2. The van der Waals surface area contributed by atoms with Gasteiger partial charge in [-0.3, -0.25) is 14.5 Å². The molecule has 8 heteroatoms. The largest absolute Gasteiger partial charge is 0.503 e. The summed E-state index contributed by atoms with van der Waals surface area (Å²) >= 11 is 0. The highest BCUT2D eigenvalue weighted by Crippen LogP contribution is 2.39. The summed E-state index contributed by atoms with van der Waals surface area (Å²) in [5.41, 5.74) is 0.729. The fourth-order valence-electron chi connectivity index (χ4n) is 4.07. The van der Waals surface area contributed by atoms with Crippen molar-refractivity contribution >= 4 is 11.7 Å². The van der Waals surface area contributed by atoms with Crippen LogP contribution in [0.1, 0.15) is 35.5 Å². The molecule has 0 spiro atoms. The topological polar surface area (TPSA) is 92.5 Å². The molecule has 0 bridgehead atoms. The first-order valence-corrected chi connectivity index (χ1v) is 10.9. The van der Waals surface area contributed by atoms with E-state index in [9.17, 15) is 14.7 Å². The number of hydrogen-bond acceptors (Lipinski definition) is 7. The van der Waals surface area contributed by atoms with Crippen molar-refractivity contribution in [1.29, 1.82) is 0 Å². The van der Waals surface area contributed by atoms with Gasteiger partial charge in [-0.25, -0.2) is 0 Å². The van der Waals surface area contributed by atoms with E-state index in [2.05, 4.69) is 4.90 Å². The number of carbonyl (C=O) groups is 2. The normalized spacial score (nSPS) is 19.6. The van der Waals surface area contributed by atoms with E-state index >= 15 is 0 Å². The third-order valence-electron chi connectivity index (χ3n) is 5.70. The lowest BCUT2D eigenvalue weighted by molar-refractivity contribution is -0.129. The summed E-state index contributed by atoms with van der Waals surface area (Å²) in [6.07, 6.45) is 2.26. The Hall–Kier alpha value is -3.10. The summed E-state index contributed by atoms with van der Waals surface area (Å²) in [6, 6.07) is 9.73. The highest BCUT2D eigenvalue weighted by Gasteiger charge is 2.44. The molecule has 32 heavy (non-hydrogen) atoms. The molecule has 1 amide bonds. The lowest BCUT2D eigenvalue weighted by atomic mass is 9.95. The van der Waals surface area contributed by atoms with Gasteiger partial charge in [0.05, 0.1) is 37.7 Å². The number of nitrogens with zero attached hydrogens (tertiary/aromatic N) is 2. The molecule has 2 aromatic rings. The van der Waals surface area contributed by atoms with Gasteiger partial charge in [0, 0.05) is 26.2 Å². The molecular weight excluding hydrogens is 412 g/mol. The zero-order valence-corrected chi connectivity index (χ0v) is 18.2. The summed E-state index contributed by atoms with van der Waals surface area (Å²) in [5, 5.41) is 10.7. The molecule has 1 saturated heterocycles. The molecule has 0 saturated carbocycles. The minimum Gasteiger partial charge on any atom is -0.503 e. The van der Waals surface area contributed by atoms with Crippen LogP contribution >= 0.6 is 0 Å². The summed E-state index contributed by atoms with van der Waals surface area (Å²) in [7, 11) is 0. The molecule has 170 valence electrons. The van der Waals surface area contributed by atoms with Gasteiger partial charge in [0.25, 0.3) is 5.91 Å². The first-order chi connectivity index (χ1) is 15.6. The minimum atomic E-state index is -0.730. The molecule has 2 aliphatic rings. The van der Waals surface area contributed by atoms with Gasteiger partial charge in [-0.1, -0.05) is 19.1 Å². The number of ketones is 1. The number of morpholine rings is 1. The van der Waals surface area contributed by atoms with Crippen molar-refractivity contribution in [2.45, 2.75) is 19.4 Å². The number of aliphatic hydroxyl groups is 1. The Kier molecular flexibility index (Phi) is 6.92. The van der Waals surface area contributed by atoms with Gasteiger partial charge in [-0.05, 0) is 36.2 Å². The Morgan fingerprint density at radius 2 is 2.00 bits per heavy atom. The maximum absolute atomic E-state index is 13.2. The first-order valence-electron chi connectivity index (χ1n) is 10.9.